The molecule has 0 bridgehead atoms. The third-order valence-corrected chi connectivity index (χ3v) is 8.50. The van der Waals surface area contributed by atoms with E-state index < -0.39 is 0 Å². The van der Waals surface area contributed by atoms with Crippen LogP contribution >= 0.6 is 46.4 Å². The maximum absolute atomic E-state index is 10.3. The zero-order valence-electron chi connectivity index (χ0n) is 23.7. The SMILES string of the molecule is COC(=O)C(C)C.Cc1cc(Cl)c([N+]2=C3C(=[N+](c4c(Cl)cc(C)cc4Cl)C2C)c2cccc4cccc3c24)c(Cl)c1. The van der Waals surface area contributed by atoms with Crippen molar-refractivity contribution in [3.8, 4) is 0 Å². The molecule has 8 heteroatoms. The highest BCUT2D eigenvalue weighted by atomic mass is 35.5. The Hall–Kier alpha value is -2.89. The molecule has 2 aliphatic rings. The van der Waals surface area contributed by atoms with Crippen LogP contribution in [0.3, 0.4) is 0 Å². The van der Waals surface area contributed by atoms with Crippen LogP contribution in [0.15, 0.2) is 60.7 Å². The Morgan fingerprint density at radius 2 is 1.15 bits per heavy atom. The van der Waals surface area contributed by atoms with E-state index in [0.717, 1.165) is 45.1 Å². The summed E-state index contributed by atoms with van der Waals surface area (Å²) in [5.74, 6) is -0.148. The highest BCUT2D eigenvalue weighted by Crippen LogP contribution is 2.45. The highest BCUT2D eigenvalue weighted by Gasteiger charge is 2.54. The lowest BCUT2D eigenvalue weighted by molar-refractivity contribution is -0.687. The molecule has 41 heavy (non-hydrogen) atoms. The van der Waals surface area contributed by atoms with Gasteiger partial charge in [0.15, 0.2) is 0 Å². The second-order valence-electron chi connectivity index (χ2n) is 10.6. The van der Waals surface area contributed by atoms with E-state index in [1.165, 1.54) is 17.9 Å². The summed E-state index contributed by atoms with van der Waals surface area (Å²) in [6.45, 7) is 9.70. The molecule has 0 radical (unpaired) electrons. The van der Waals surface area contributed by atoms with Crippen molar-refractivity contribution in [1.29, 1.82) is 0 Å². The van der Waals surface area contributed by atoms with E-state index in [4.69, 9.17) is 46.4 Å². The largest absolute Gasteiger partial charge is 0.469 e. The third-order valence-electron chi connectivity index (χ3n) is 7.35. The molecule has 1 aliphatic heterocycles. The number of aryl methyl sites for hydroxylation is 2. The van der Waals surface area contributed by atoms with Crippen molar-refractivity contribution in [2.45, 2.75) is 40.8 Å². The highest BCUT2D eigenvalue weighted by molar-refractivity contribution is 6.58. The fourth-order valence-corrected chi connectivity index (χ4v) is 7.20. The Kier molecular flexibility index (Phi) is 8.24. The number of fused-ring (bicyclic) bond motifs is 3. The molecule has 4 aromatic rings. The molecule has 0 atom stereocenters. The van der Waals surface area contributed by atoms with Crippen LogP contribution in [0, 0.1) is 19.8 Å². The molecule has 1 heterocycles. The first kappa shape index (κ1) is 29.6. The summed E-state index contributed by atoms with van der Waals surface area (Å²) in [7, 11) is 1.39. The van der Waals surface area contributed by atoms with Gasteiger partial charge in [0, 0.05) is 5.39 Å². The molecule has 6 rings (SSSR count). The van der Waals surface area contributed by atoms with Crippen LogP contribution in [0.4, 0.5) is 11.4 Å². The maximum Gasteiger partial charge on any atom is 0.352 e. The van der Waals surface area contributed by atoms with Gasteiger partial charge in [0.1, 0.15) is 20.1 Å². The van der Waals surface area contributed by atoms with Crippen LogP contribution in [-0.2, 0) is 9.53 Å². The van der Waals surface area contributed by atoms with Crippen LogP contribution in [0.2, 0.25) is 20.1 Å². The van der Waals surface area contributed by atoms with Gasteiger partial charge in [-0.25, -0.2) is 0 Å². The minimum atomic E-state index is -0.177. The average Bonchev–Trinajstić information content (AvgIpc) is 3.37. The van der Waals surface area contributed by atoms with Crippen molar-refractivity contribution in [1.82, 2.24) is 0 Å². The lowest BCUT2D eigenvalue weighted by Crippen LogP contribution is -2.27. The van der Waals surface area contributed by atoms with Gasteiger partial charge in [-0.15, -0.1) is 9.15 Å². The van der Waals surface area contributed by atoms with Gasteiger partial charge in [-0.1, -0.05) is 84.5 Å². The normalized spacial score (nSPS) is 14.1. The quantitative estimate of drug-likeness (QED) is 0.167. The van der Waals surface area contributed by atoms with Crippen LogP contribution in [0.1, 0.15) is 43.0 Å². The average molecular weight is 628 g/mol. The van der Waals surface area contributed by atoms with Gasteiger partial charge in [0.25, 0.3) is 11.4 Å². The number of hydrogen-bond donors (Lipinski definition) is 0. The van der Waals surface area contributed by atoms with Crippen molar-refractivity contribution < 1.29 is 18.7 Å². The van der Waals surface area contributed by atoms with Gasteiger partial charge >= 0.3 is 12.1 Å². The summed E-state index contributed by atoms with van der Waals surface area (Å²) in [5, 5.41) is 4.81. The monoisotopic (exact) mass is 626 g/mol. The lowest BCUT2D eigenvalue weighted by atomic mass is 10.0. The van der Waals surface area contributed by atoms with E-state index in [0.29, 0.717) is 20.1 Å². The molecule has 0 N–H and O–H groups in total. The predicted molar refractivity (Wildman–Crippen MR) is 171 cm³/mol. The number of nitrogens with zero attached hydrogens (tertiary/aromatic N) is 2. The number of carbonyl (C=O) groups excluding carboxylic acids is 1. The first-order valence-corrected chi connectivity index (χ1v) is 14.8. The first-order valence-electron chi connectivity index (χ1n) is 13.3. The number of esters is 1. The van der Waals surface area contributed by atoms with Crippen molar-refractivity contribution in [3.05, 3.63) is 103 Å². The van der Waals surface area contributed by atoms with E-state index in [1.54, 1.807) is 13.8 Å². The zero-order chi connectivity index (χ0) is 29.7. The molecule has 0 amide bonds. The number of halogens is 4. The number of hydrogen-bond acceptors (Lipinski definition) is 2. The van der Waals surface area contributed by atoms with E-state index in [9.17, 15) is 4.79 Å². The molecule has 0 saturated heterocycles. The molecule has 0 saturated carbocycles. The molecular formula is C33H30Cl4N2O2+2. The Morgan fingerprint density at radius 1 is 0.756 bits per heavy atom. The maximum atomic E-state index is 10.3. The van der Waals surface area contributed by atoms with Crippen LogP contribution in [0.25, 0.3) is 10.8 Å². The number of methoxy groups -OCH3 is 1. The molecule has 1 aliphatic carbocycles. The fraction of sp³-hybridized carbons (Fsp3) is 0.242. The Morgan fingerprint density at radius 3 is 1.46 bits per heavy atom. The van der Waals surface area contributed by atoms with Gasteiger partial charge in [-0.3, -0.25) is 4.79 Å². The molecule has 0 spiro atoms. The molecule has 0 fully saturated rings. The topological polar surface area (TPSA) is 32.3 Å². The van der Waals surface area contributed by atoms with Crippen LogP contribution < -0.4 is 0 Å². The molecule has 210 valence electrons. The summed E-state index contributed by atoms with van der Waals surface area (Å²) in [5.41, 5.74) is 7.98. The second kappa shape index (κ2) is 11.4. The number of rotatable bonds is 3. The minimum absolute atomic E-state index is 0.00463. The minimum Gasteiger partial charge on any atom is -0.469 e. The molecule has 0 aromatic heterocycles. The molecular weight excluding hydrogens is 598 g/mol. The number of carbonyl (C=O) groups is 1. The Bertz CT molecular complexity index is 1640. The van der Waals surface area contributed by atoms with Crippen molar-refractivity contribution >= 4 is 85.9 Å². The molecule has 4 nitrogen and oxygen atoms in total. The molecule has 0 unspecified atom stereocenters. The van der Waals surface area contributed by atoms with E-state index >= 15 is 0 Å². The van der Waals surface area contributed by atoms with Crippen LogP contribution in [0.5, 0.6) is 0 Å². The third kappa shape index (κ3) is 5.06. The Balaban J connectivity index is 0.000000431. The summed E-state index contributed by atoms with van der Waals surface area (Å²) >= 11 is 27.4. The summed E-state index contributed by atoms with van der Waals surface area (Å²) in [4.78, 5) is 10.3. The van der Waals surface area contributed by atoms with Gasteiger partial charge < -0.3 is 4.74 Å². The molecule has 4 aromatic carbocycles. The zero-order valence-corrected chi connectivity index (χ0v) is 26.7. The summed E-state index contributed by atoms with van der Waals surface area (Å²) in [6.07, 6.45) is -0.177. The van der Waals surface area contributed by atoms with Crippen molar-refractivity contribution in [3.63, 3.8) is 0 Å². The fourth-order valence-electron chi connectivity index (χ4n) is 5.65. The van der Waals surface area contributed by atoms with E-state index in [1.807, 2.05) is 38.1 Å². The van der Waals surface area contributed by atoms with Gasteiger partial charge in [-0.2, -0.15) is 0 Å². The smallest absolute Gasteiger partial charge is 0.352 e. The lowest BCUT2D eigenvalue weighted by Gasteiger charge is -2.12. The van der Waals surface area contributed by atoms with E-state index in [2.05, 4.69) is 57.2 Å². The predicted octanol–water partition coefficient (Wildman–Crippen LogP) is 9.53. The summed E-state index contributed by atoms with van der Waals surface area (Å²) in [6, 6.07) is 20.6. The number of benzene rings is 4. The first-order chi connectivity index (χ1) is 19.5. The van der Waals surface area contributed by atoms with Gasteiger partial charge in [-0.05, 0) is 66.8 Å². The van der Waals surface area contributed by atoms with E-state index in [-0.39, 0.29) is 18.1 Å². The standard InChI is InChI=1S/C28H20Cl4N2.C5H10O2/c1-14-10-20(29)27(21(30)11-14)33-16(3)34(28-22(31)12-15(2)13-23(28)32)26-19-9-5-7-17-6-4-8-18(24(17)19)25(26)33;1-4(2)5(6)7-3/h4-13,16H,1-3H3;4H,1-3H3/q+2;. The summed E-state index contributed by atoms with van der Waals surface area (Å²) < 4.78 is 8.82. The van der Waals surface area contributed by atoms with Crippen LogP contribution in [-0.4, -0.2) is 39.8 Å². The van der Waals surface area contributed by atoms with Crippen molar-refractivity contribution in [2.24, 2.45) is 5.92 Å². The second-order valence-corrected chi connectivity index (χ2v) is 12.2. The number of ether oxygens (including phenoxy) is 1. The van der Waals surface area contributed by atoms with Crippen molar-refractivity contribution in [2.75, 3.05) is 7.11 Å². The van der Waals surface area contributed by atoms with Gasteiger partial charge in [0.05, 0.1) is 31.1 Å². The van der Waals surface area contributed by atoms with Gasteiger partial charge in [0.2, 0.25) is 11.4 Å². The Labute approximate surface area is 260 Å².